The number of methoxy groups -OCH3 is 2. The molecule has 242 valence electrons. The molecule has 0 saturated carbocycles. The van der Waals surface area contributed by atoms with Crippen LogP contribution in [0.3, 0.4) is 0 Å². The van der Waals surface area contributed by atoms with Crippen molar-refractivity contribution >= 4 is 34.1 Å². The van der Waals surface area contributed by atoms with Crippen LogP contribution < -0.4 is 30.2 Å². The standard InChI is InChI=1S/C38H40N4O5/c1-38(2,3)26-20-25(21-35(43)39-4)36(46-6)33(22-26)42-37(44)41-32-14-15-34(31-13-8-7-12-30(31)32)47-29-16-17-40-27(23-29)18-24-10-9-11-28(19-24)45-5/h7-17,19-20,22-23H,18,21H2,1-6H3,(H,39,43)(H2,41,42,44). The molecule has 0 aliphatic heterocycles. The van der Waals surface area contributed by atoms with E-state index in [0.29, 0.717) is 40.6 Å². The predicted molar refractivity (Wildman–Crippen MR) is 186 cm³/mol. The number of hydrogen-bond acceptors (Lipinski definition) is 6. The lowest BCUT2D eigenvalue weighted by molar-refractivity contribution is -0.119. The van der Waals surface area contributed by atoms with E-state index < -0.39 is 6.03 Å². The first-order valence-corrected chi connectivity index (χ1v) is 15.4. The normalized spacial score (nSPS) is 11.1. The van der Waals surface area contributed by atoms with Gasteiger partial charge in [-0.05, 0) is 52.9 Å². The largest absolute Gasteiger partial charge is 0.497 e. The van der Waals surface area contributed by atoms with Crippen molar-refractivity contribution in [2.75, 3.05) is 31.9 Å². The maximum absolute atomic E-state index is 13.4. The third-order valence-electron chi connectivity index (χ3n) is 7.78. The number of carbonyl (C=O) groups is 2. The molecule has 4 aromatic carbocycles. The Labute approximate surface area is 275 Å². The third kappa shape index (κ3) is 7.99. The van der Waals surface area contributed by atoms with E-state index >= 15 is 0 Å². The SMILES string of the molecule is CNC(=O)Cc1cc(C(C)(C)C)cc(NC(=O)Nc2ccc(Oc3ccnc(Cc4cccc(OC)c4)c3)c3ccccc23)c1OC. The average Bonchev–Trinajstić information content (AvgIpc) is 3.05. The predicted octanol–water partition coefficient (Wildman–Crippen LogP) is 7.87. The highest BCUT2D eigenvalue weighted by atomic mass is 16.5. The van der Waals surface area contributed by atoms with Crippen molar-refractivity contribution < 1.29 is 23.8 Å². The molecule has 0 radical (unpaired) electrons. The molecule has 0 unspecified atom stereocenters. The van der Waals surface area contributed by atoms with E-state index in [9.17, 15) is 9.59 Å². The van der Waals surface area contributed by atoms with E-state index in [1.165, 1.54) is 7.11 Å². The monoisotopic (exact) mass is 632 g/mol. The summed E-state index contributed by atoms with van der Waals surface area (Å²) in [6, 6.07) is 26.4. The van der Waals surface area contributed by atoms with Crippen LogP contribution in [0.2, 0.25) is 0 Å². The minimum atomic E-state index is -0.449. The Morgan fingerprint density at radius 3 is 2.28 bits per heavy atom. The molecule has 9 nitrogen and oxygen atoms in total. The van der Waals surface area contributed by atoms with Crippen LogP contribution in [-0.2, 0) is 23.1 Å². The summed E-state index contributed by atoms with van der Waals surface area (Å²) in [5, 5.41) is 10.2. The molecule has 0 bridgehead atoms. The molecule has 3 amide bonds. The molecule has 5 rings (SSSR count). The summed E-state index contributed by atoms with van der Waals surface area (Å²) in [5.41, 5.74) is 4.44. The van der Waals surface area contributed by atoms with E-state index in [2.05, 4.69) is 41.7 Å². The van der Waals surface area contributed by atoms with Gasteiger partial charge in [-0.25, -0.2) is 4.79 Å². The van der Waals surface area contributed by atoms with Crippen LogP contribution in [-0.4, -0.2) is 38.2 Å². The van der Waals surface area contributed by atoms with Gasteiger partial charge in [0, 0.05) is 47.8 Å². The van der Waals surface area contributed by atoms with E-state index in [1.807, 2.05) is 84.9 Å². The molecule has 0 saturated heterocycles. The summed E-state index contributed by atoms with van der Waals surface area (Å²) in [5.74, 6) is 2.38. The van der Waals surface area contributed by atoms with Crippen LogP contribution in [0.15, 0.2) is 91.1 Å². The van der Waals surface area contributed by atoms with Crippen molar-refractivity contribution in [3.05, 3.63) is 114 Å². The van der Waals surface area contributed by atoms with E-state index in [4.69, 9.17) is 14.2 Å². The van der Waals surface area contributed by atoms with E-state index in [-0.39, 0.29) is 17.7 Å². The second-order valence-corrected chi connectivity index (χ2v) is 12.2. The summed E-state index contributed by atoms with van der Waals surface area (Å²) in [6.07, 6.45) is 2.48. The van der Waals surface area contributed by atoms with Crippen LogP contribution in [0.25, 0.3) is 10.8 Å². The van der Waals surface area contributed by atoms with Crippen molar-refractivity contribution in [2.24, 2.45) is 0 Å². The van der Waals surface area contributed by atoms with E-state index in [1.54, 1.807) is 20.4 Å². The summed E-state index contributed by atoms with van der Waals surface area (Å²) in [7, 11) is 4.77. The zero-order chi connectivity index (χ0) is 33.6. The number of nitrogens with zero attached hydrogens (tertiary/aromatic N) is 1. The van der Waals surface area contributed by atoms with Gasteiger partial charge in [0.1, 0.15) is 23.0 Å². The molecular formula is C38H40N4O5. The number of carbonyl (C=O) groups excluding carboxylic acids is 2. The quantitative estimate of drug-likeness (QED) is 0.145. The maximum atomic E-state index is 13.4. The molecule has 0 aliphatic carbocycles. The lowest BCUT2D eigenvalue weighted by atomic mass is 9.85. The maximum Gasteiger partial charge on any atom is 0.323 e. The smallest absolute Gasteiger partial charge is 0.323 e. The number of aromatic nitrogens is 1. The molecule has 47 heavy (non-hydrogen) atoms. The number of amides is 3. The fourth-order valence-corrected chi connectivity index (χ4v) is 5.33. The second-order valence-electron chi connectivity index (χ2n) is 12.2. The van der Waals surface area contributed by atoms with Gasteiger partial charge in [-0.3, -0.25) is 9.78 Å². The van der Waals surface area contributed by atoms with Crippen molar-refractivity contribution in [1.82, 2.24) is 10.3 Å². The molecule has 1 heterocycles. The minimum Gasteiger partial charge on any atom is -0.497 e. The Morgan fingerprint density at radius 2 is 1.55 bits per heavy atom. The van der Waals surface area contributed by atoms with Gasteiger partial charge in [0.2, 0.25) is 5.91 Å². The molecule has 0 aliphatic rings. The number of likely N-dealkylation sites (N-methyl/N-ethyl adjacent to an activating group) is 1. The number of rotatable bonds is 10. The van der Waals surface area contributed by atoms with Crippen molar-refractivity contribution in [3.8, 4) is 23.0 Å². The summed E-state index contributed by atoms with van der Waals surface area (Å²) >= 11 is 0. The van der Waals surface area contributed by atoms with Gasteiger partial charge in [-0.1, -0.05) is 63.2 Å². The molecule has 3 N–H and O–H groups in total. The zero-order valence-electron chi connectivity index (χ0n) is 27.6. The van der Waals surface area contributed by atoms with Crippen molar-refractivity contribution in [2.45, 2.75) is 39.0 Å². The number of pyridine rings is 1. The van der Waals surface area contributed by atoms with Gasteiger partial charge in [0.05, 0.1) is 32.0 Å². The van der Waals surface area contributed by atoms with E-state index in [0.717, 1.165) is 33.3 Å². The first-order valence-electron chi connectivity index (χ1n) is 15.4. The second kappa shape index (κ2) is 14.2. The lowest BCUT2D eigenvalue weighted by Crippen LogP contribution is -2.23. The Bertz CT molecular complexity index is 1920. The fraction of sp³-hybridized carbons (Fsp3) is 0.237. The van der Waals surface area contributed by atoms with Gasteiger partial charge in [-0.2, -0.15) is 0 Å². The molecule has 0 spiro atoms. The Kier molecular flexibility index (Phi) is 9.94. The zero-order valence-corrected chi connectivity index (χ0v) is 27.6. The highest BCUT2D eigenvalue weighted by Gasteiger charge is 2.22. The molecule has 0 atom stereocenters. The molecule has 5 aromatic rings. The summed E-state index contributed by atoms with van der Waals surface area (Å²) < 4.78 is 17.4. The van der Waals surface area contributed by atoms with Gasteiger partial charge in [0.15, 0.2) is 0 Å². The van der Waals surface area contributed by atoms with Crippen LogP contribution >= 0.6 is 0 Å². The Hall–Kier alpha value is -5.57. The number of anilines is 2. The van der Waals surface area contributed by atoms with Gasteiger partial charge >= 0.3 is 6.03 Å². The van der Waals surface area contributed by atoms with Crippen LogP contribution in [0.1, 0.15) is 43.2 Å². The van der Waals surface area contributed by atoms with Crippen molar-refractivity contribution in [1.29, 1.82) is 0 Å². The first-order chi connectivity index (χ1) is 22.6. The average molecular weight is 633 g/mol. The Morgan fingerprint density at radius 1 is 0.787 bits per heavy atom. The number of nitrogens with one attached hydrogen (secondary N) is 3. The number of benzene rings is 4. The van der Waals surface area contributed by atoms with Crippen LogP contribution in [0.5, 0.6) is 23.0 Å². The van der Waals surface area contributed by atoms with Gasteiger partial charge in [-0.15, -0.1) is 0 Å². The fourth-order valence-electron chi connectivity index (χ4n) is 5.33. The van der Waals surface area contributed by atoms with Gasteiger partial charge in [0.25, 0.3) is 0 Å². The highest BCUT2D eigenvalue weighted by Crippen LogP contribution is 2.37. The lowest BCUT2D eigenvalue weighted by Gasteiger charge is -2.24. The number of fused-ring (bicyclic) bond motifs is 1. The molecule has 1 aromatic heterocycles. The number of hydrogen-bond donors (Lipinski definition) is 3. The topological polar surface area (TPSA) is 111 Å². The minimum absolute atomic E-state index is 0.117. The van der Waals surface area contributed by atoms with Crippen molar-refractivity contribution in [3.63, 3.8) is 0 Å². The number of ether oxygens (including phenoxy) is 3. The molecule has 9 heteroatoms. The Balaban J connectivity index is 1.38. The highest BCUT2D eigenvalue weighted by molar-refractivity contribution is 6.08. The van der Waals surface area contributed by atoms with Gasteiger partial charge < -0.3 is 30.2 Å². The van der Waals surface area contributed by atoms with Crippen LogP contribution in [0.4, 0.5) is 16.2 Å². The summed E-state index contributed by atoms with van der Waals surface area (Å²) in [4.78, 5) is 30.3. The third-order valence-corrected chi connectivity index (χ3v) is 7.78. The number of urea groups is 1. The molecular weight excluding hydrogens is 592 g/mol. The first kappa shape index (κ1) is 32.8. The molecule has 0 fully saturated rings. The summed E-state index contributed by atoms with van der Waals surface area (Å²) in [6.45, 7) is 6.22. The van der Waals surface area contributed by atoms with Crippen LogP contribution in [0, 0.1) is 0 Å².